The Balaban J connectivity index is 2.78. The second-order valence-corrected chi connectivity index (χ2v) is 7.22. The highest BCUT2D eigenvalue weighted by Crippen LogP contribution is 2.29. The number of carbonyl (C=O) groups excluding carboxylic acids is 1. The van der Waals surface area contributed by atoms with E-state index in [1.54, 1.807) is 11.4 Å². The van der Waals surface area contributed by atoms with Crippen molar-refractivity contribution in [1.82, 2.24) is 4.31 Å². The van der Waals surface area contributed by atoms with Gasteiger partial charge in [0.2, 0.25) is 0 Å². The zero-order chi connectivity index (χ0) is 13.1. The molecule has 8 heteroatoms. The molecule has 0 atom stereocenters. The number of methoxy groups -OCH3 is 1. The van der Waals surface area contributed by atoms with Crippen LogP contribution in [0.1, 0.15) is 6.42 Å². The first-order valence-corrected chi connectivity index (χ1v) is 7.77. The molecule has 1 heterocycles. The number of hydrogen-bond donors (Lipinski definition) is 0. The molecule has 0 aliphatic heterocycles. The van der Waals surface area contributed by atoms with Gasteiger partial charge in [0, 0.05) is 18.1 Å². The minimum Gasteiger partial charge on any atom is -0.469 e. The normalized spacial score (nSPS) is 11.8. The Morgan fingerprint density at radius 1 is 1.59 bits per heavy atom. The van der Waals surface area contributed by atoms with E-state index in [4.69, 9.17) is 0 Å². The van der Waals surface area contributed by atoms with Crippen molar-refractivity contribution in [2.75, 3.05) is 20.7 Å². The number of sulfonamides is 1. The van der Waals surface area contributed by atoms with Crippen LogP contribution in [0.3, 0.4) is 0 Å². The lowest BCUT2D eigenvalue weighted by Crippen LogP contribution is -2.29. The van der Waals surface area contributed by atoms with Crippen LogP contribution in [0.25, 0.3) is 0 Å². The van der Waals surface area contributed by atoms with Gasteiger partial charge in [0.25, 0.3) is 10.0 Å². The zero-order valence-electron chi connectivity index (χ0n) is 9.34. The molecule has 0 aromatic carbocycles. The van der Waals surface area contributed by atoms with Crippen molar-refractivity contribution in [2.45, 2.75) is 10.6 Å². The fraction of sp³-hybridized carbons (Fsp3) is 0.444. The molecule has 0 radical (unpaired) electrons. The smallest absolute Gasteiger partial charge is 0.306 e. The van der Waals surface area contributed by atoms with Crippen molar-refractivity contribution in [1.29, 1.82) is 0 Å². The number of ether oxygens (including phenoxy) is 1. The van der Waals surface area contributed by atoms with Gasteiger partial charge in [-0.05, 0) is 27.4 Å². The lowest BCUT2D eigenvalue weighted by atomic mass is 10.4. The Morgan fingerprint density at radius 3 is 2.71 bits per heavy atom. The summed E-state index contributed by atoms with van der Waals surface area (Å²) < 4.78 is 30.5. The summed E-state index contributed by atoms with van der Waals surface area (Å²) in [7, 11) is -0.828. The van der Waals surface area contributed by atoms with Crippen molar-refractivity contribution >= 4 is 43.3 Å². The molecule has 0 unspecified atom stereocenters. The van der Waals surface area contributed by atoms with Crippen LogP contribution in [0.15, 0.2) is 20.1 Å². The molecule has 0 N–H and O–H groups in total. The monoisotopic (exact) mass is 341 g/mol. The summed E-state index contributed by atoms with van der Waals surface area (Å²) in [5, 5.41) is 1.69. The van der Waals surface area contributed by atoms with E-state index in [0.29, 0.717) is 4.47 Å². The summed E-state index contributed by atoms with van der Waals surface area (Å²) >= 11 is 4.31. The van der Waals surface area contributed by atoms with Crippen LogP contribution >= 0.6 is 27.3 Å². The topological polar surface area (TPSA) is 63.7 Å². The number of thiophene rings is 1. The van der Waals surface area contributed by atoms with Crippen LogP contribution in [0, 0.1) is 0 Å². The molecule has 0 fully saturated rings. The average Bonchev–Trinajstić information content (AvgIpc) is 2.72. The molecule has 0 aliphatic carbocycles. The molecular weight excluding hydrogens is 330 g/mol. The minimum atomic E-state index is -3.53. The zero-order valence-corrected chi connectivity index (χ0v) is 12.6. The van der Waals surface area contributed by atoms with Crippen molar-refractivity contribution in [3.05, 3.63) is 15.9 Å². The quantitative estimate of drug-likeness (QED) is 0.764. The molecule has 96 valence electrons. The highest BCUT2D eigenvalue weighted by atomic mass is 79.9. The van der Waals surface area contributed by atoms with Crippen molar-refractivity contribution < 1.29 is 17.9 Å². The van der Waals surface area contributed by atoms with E-state index >= 15 is 0 Å². The van der Waals surface area contributed by atoms with Gasteiger partial charge in [0.15, 0.2) is 0 Å². The minimum absolute atomic E-state index is 0.0369. The summed E-state index contributed by atoms with van der Waals surface area (Å²) in [6, 6.07) is 1.67. The Bertz CT molecular complexity index is 497. The van der Waals surface area contributed by atoms with Gasteiger partial charge in [-0.15, -0.1) is 11.3 Å². The molecule has 1 rings (SSSR count). The first-order chi connectivity index (χ1) is 7.89. The number of hydrogen-bond acceptors (Lipinski definition) is 5. The molecule has 0 saturated carbocycles. The van der Waals surface area contributed by atoms with E-state index in [9.17, 15) is 13.2 Å². The van der Waals surface area contributed by atoms with Gasteiger partial charge in [-0.2, -0.15) is 4.31 Å². The lowest BCUT2D eigenvalue weighted by molar-refractivity contribution is -0.140. The maximum atomic E-state index is 12.1. The Labute approximate surface area is 113 Å². The maximum Gasteiger partial charge on any atom is 0.306 e. The van der Waals surface area contributed by atoms with Crippen molar-refractivity contribution in [3.8, 4) is 0 Å². The SMILES string of the molecule is COC(=O)CCN(C)S(=O)(=O)c1sccc1Br. The standard InChI is InChI=1S/C9H12BrNO4S2/c1-11(5-3-8(12)15-2)17(13,14)9-7(10)4-6-16-9/h4,6H,3,5H2,1-2H3. The van der Waals surface area contributed by atoms with Crippen LogP contribution in [0.2, 0.25) is 0 Å². The van der Waals surface area contributed by atoms with Gasteiger partial charge in [0.05, 0.1) is 13.5 Å². The van der Waals surface area contributed by atoms with Gasteiger partial charge >= 0.3 is 5.97 Å². The highest BCUT2D eigenvalue weighted by Gasteiger charge is 2.24. The predicted octanol–water partition coefficient (Wildman–Crippen LogP) is 1.69. The Morgan fingerprint density at radius 2 is 2.24 bits per heavy atom. The third-order valence-corrected chi connectivity index (χ3v) is 6.59. The predicted molar refractivity (Wildman–Crippen MR) is 68.5 cm³/mol. The molecule has 0 aliphatic rings. The van der Waals surface area contributed by atoms with Gasteiger partial charge in [-0.25, -0.2) is 8.42 Å². The fourth-order valence-electron chi connectivity index (χ4n) is 1.08. The molecule has 0 amide bonds. The number of rotatable bonds is 5. The summed E-state index contributed by atoms with van der Waals surface area (Å²) in [5.74, 6) is -0.433. The van der Waals surface area contributed by atoms with Crippen LogP contribution in [0.4, 0.5) is 0 Å². The van der Waals surface area contributed by atoms with Crippen LogP contribution in [0.5, 0.6) is 0 Å². The second kappa shape index (κ2) is 5.94. The van der Waals surface area contributed by atoms with Gasteiger partial charge in [0.1, 0.15) is 4.21 Å². The third-order valence-electron chi connectivity index (χ3n) is 2.09. The third kappa shape index (κ3) is 3.51. The van der Waals surface area contributed by atoms with Gasteiger partial charge in [-0.1, -0.05) is 0 Å². The summed E-state index contributed by atoms with van der Waals surface area (Å²) in [4.78, 5) is 10.9. The average molecular weight is 342 g/mol. The molecule has 0 saturated heterocycles. The van der Waals surface area contributed by atoms with Crippen molar-refractivity contribution in [3.63, 3.8) is 0 Å². The number of nitrogens with zero attached hydrogens (tertiary/aromatic N) is 1. The van der Waals surface area contributed by atoms with Crippen LogP contribution < -0.4 is 0 Å². The summed E-state index contributed by atoms with van der Waals surface area (Å²) in [5.41, 5.74) is 0. The van der Waals surface area contributed by atoms with E-state index < -0.39 is 16.0 Å². The van der Waals surface area contributed by atoms with E-state index in [1.165, 1.54) is 14.2 Å². The molecule has 1 aromatic heterocycles. The molecule has 0 spiro atoms. The number of carbonyl (C=O) groups is 1. The summed E-state index contributed by atoms with van der Waals surface area (Å²) in [6.07, 6.45) is 0.0369. The summed E-state index contributed by atoms with van der Waals surface area (Å²) in [6.45, 7) is 0.0966. The van der Waals surface area contributed by atoms with E-state index in [-0.39, 0.29) is 17.2 Å². The van der Waals surface area contributed by atoms with Crippen LogP contribution in [-0.2, 0) is 19.6 Å². The number of halogens is 1. The molecule has 1 aromatic rings. The highest BCUT2D eigenvalue weighted by molar-refractivity contribution is 9.10. The molecule has 5 nitrogen and oxygen atoms in total. The van der Waals surface area contributed by atoms with Gasteiger partial charge < -0.3 is 4.74 Å². The largest absolute Gasteiger partial charge is 0.469 e. The number of esters is 1. The Kier molecular flexibility index (Phi) is 5.11. The van der Waals surface area contributed by atoms with Crippen LogP contribution in [-0.4, -0.2) is 39.4 Å². The molecule has 0 bridgehead atoms. The Hall–Kier alpha value is -0.440. The first-order valence-electron chi connectivity index (χ1n) is 4.65. The molecular formula is C9H12BrNO4S2. The van der Waals surface area contributed by atoms with Gasteiger partial charge in [-0.3, -0.25) is 4.79 Å². The second-order valence-electron chi connectivity index (χ2n) is 3.21. The van der Waals surface area contributed by atoms with Crippen molar-refractivity contribution in [2.24, 2.45) is 0 Å². The molecule has 17 heavy (non-hydrogen) atoms. The lowest BCUT2D eigenvalue weighted by Gasteiger charge is -2.15. The first kappa shape index (κ1) is 14.6. The maximum absolute atomic E-state index is 12.1. The van der Waals surface area contributed by atoms with E-state index in [2.05, 4.69) is 20.7 Å². The fourth-order valence-corrected chi connectivity index (χ4v) is 4.75. The van der Waals surface area contributed by atoms with E-state index in [0.717, 1.165) is 15.6 Å². The van der Waals surface area contributed by atoms with E-state index in [1.807, 2.05) is 0 Å².